The lowest BCUT2D eigenvalue weighted by molar-refractivity contribution is -0.140. The van der Waals surface area contributed by atoms with Gasteiger partial charge < -0.3 is 10.2 Å². The first kappa shape index (κ1) is 29.1. The molecule has 3 rings (SSSR count). The summed E-state index contributed by atoms with van der Waals surface area (Å²) in [5.74, 6) is -1.87. The van der Waals surface area contributed by atoms with Crippen LogP contribution in [-0.2, 0) is 32.6 Å². The van der Waals surface area contributed by atoms with E-state index >= 15 is 0 Å². The normalized spacial score (nSPS) is 12.2. The largest absolute Gasteiger partial charge is 0.352 e. The molecular formula is C28H31ClFN3O4S. The minimum atomic E-state index is -4.05. The Morgan fingerprint density at radius 1 is 0.947 bits per heavy atom. The van der Waals surface area contributed by atoms with Gasteiger partial charge in [0.2, 0.25) is 21.8 Å². The van der Waals surface area contributed by atoms with Crippen LogP contribution in [-0.4, -0.2) is 50.0 Å². The number of rotatable bonds is 11. The lowest BCUT2D eigenvalue weighted by atomic mass is 10.0. The Bertz CT molecular complexity index is 1370. The van der Waals surface area contributed by atoms with Crippen LogP contribution in [0.4, 0.5) is 10.1 Å². The smallest absolute Gasteiger partial charge is 0.244 e. The van der Waals surface area contributed by atoms with Crippen molar-refractivity contribution in [2.24, 2.45) is 0 Å². The van der Waals surface area contributed by atoms with E-state index in [9.17, 15) is 22.4 Å². The maximum Gasteiger partial charge on any atom is 0.244 e. The quantitative estimate of drug-likeness (QED) is 0.377. The van der Waals surface area contributed by atoms with Gasteiger partial charge in [-0.05, 0) is 43.2 Å². The molecule has 10 heteroatoms. The summed E-state index contributed by atoms with van der Waals surface area (Å²) in [5, 5.41) is 3.26. The fourth-order valence-electron chi connectivity index (χ4n) is 3.99. The lowest BCUT2D eigenvalue weighted by Gasteiger charge is -2.34. The van der Waals surface area contributed by atoms with E-state index in [2.05, 4.69) is 5.32 Å². The molecule has 0 aliphatic carbocycles. The molecule has 0 saturated carbocycles. The van der Waals surface area contributed by atoms with Gasteiger partial charge in [-0.2, -0.15) is 0 Å². The highest BCUT2D eigenvalue weighted by Gasteiger charge is 2.34. The highest BCUT2D eigenvalue weighted by Crippen LogP contribution is 2.24. The van der Waals surface area contributed by atoms with Crippen molar-refractivity contribution in [1.82, 2.24) is 10.2 Å². The first-order valence-corrected chi connectivity index (χ1v) is 14.3. The summed E-state index contributed by atoms with van der Waals surface area (Å²) >= 11 is 6.40. The molecule has 0 aliphatic rings. The monoisotopic (exact) mass is 559 g/mol. The zero-order chi connectivity index (χ0) is 27.9. The standard InChI is InChI=1S/C28H31ClFN3O4S/c1-20(2)31-28(35)26(17-21-11-5-4-6-12-21)32(18-22-13-7-8-14-23(22)29)27(34)19-33(38(3,36)37)25-16-10-9-15-24(25)30/h4-16,20,26H,17-19H2,1-3H3,(H,31,35)/t26-/m0/s1. The number of hydrogen-bond donors (Lipinski definition) is 1. The van der Waals surface area contributed by atoms with Crippen LogP contribution in [0.25, 0.3) is 0 Å². The molecule has 0 unspecified atom stereocenters. The summed E-state index contributed by atoms with van der Waals surface area (Å²) in [6.45, 7) is 2.85. The molecule has 0 bridgehead atoms. The van der Waals surface area contributed by atoms with E-state index in [0.717, 1.165) is 17.9 Å². The van der Waals surface area contributed by atoms with Crippen LogP contribution in [0.15, 0.2) is 78.9 Å². The van der Waals surface area contributed by atoms with Gasteiger partial charge in [0.15, 0.2) is 0 Å². The van der Waals surface area contributed by atoms with E-state index in [0.29, 0.717) is 14.9 Å². The average Bonchev–Trinajstić information content (AvgIpc) is 2.85. The topological polar surface area (TPSA) is 86.8 Å². The van der Waals surface area contributed by atoms with E-state index in [4.69, 9.17) is 11.6 Å². The van der Waals surface area contributed by atoms with Gasteiger partial charge in [-0.15, -0.1) is 0 Å². The van der Waals surface area contributed by atoms with Crippen molar-refractivity contribution in [1.29, 1.82) is 0 Å². The number of sulfonamides is 1. The van der Waals surface area contributed by atoms with Crippen molar-refractivity contribution in [2.75, 3.05) is 17.1 Å². The maximum absolute atomic E-state index is 14.6. The number of hydrogen-bond acceptors (Lipinski definition) is 4. The molecule has 2 amide bonds. The van der Waals surface area contributed by atoms with Crippen molar-refractivity contribution >= 4 is 39.1 Å². The van der Waals surface area contributed by atoms with Gasteiger partial charge in [-0.3, -0.25) is 13.9 Å². The van der Waals surface area contributed by atoms with Crippen LogP contribution in [0.2, 0.25) is 5.02 Å². The number of halogens is 2. The van der Waals surface area contributed by atoms with Crippen LogP contribution >= 0.6 is 11.6 Å². The molecule has 0 heterocycles. The average molecular weight is 560 g/mol. The summed E-state index contributed by atoms with van der Waals surface area (Å²) < 4.78 is 40.7. The third-order valence-corrected chi connectivity index (χ3v) is 7.30. The van der Waals surface area contributed by atoms with Gasteiger partial charge in [-0.1, -0.05) is 72.3 Å². The van der Waals surface area contributed by atoms with Crippen LogP contribution in [0, 0.1) is 5.82 Å². The third kappa shape index (κ3) is 7.79. The Morgan fingerprint density at radius 3 is 2.16 bits per heavy atom. The molecule has 38 heavy (non-hydrogen) atoms. The lowest BCUT2D eigenvalue weighted by Crippen LogP contribution is -2.54. The minimum absolute atomic E-state index is 0.0591. The number of amides is 2. The van der Waals surface area contributed by atoms with E-state index < -0.39 is 40.2 Å². The third-order valence-electron chi connectivity index (χ3n) is 5.80. The summed E-state index contributed by atoms with van der Waals surface area (Å²) in [7, 11) is -4.05. The second kappa shape index (κ2) is 12.9. The van der Waals surface area contributed by atoms with Crippen molar-refractivity contribution in [3.05, 3.63) is 101 Å². The number of para-hydroxylation sites is 1. The molecule has 3 aromatic carbocycles. The second-order valence-electron chi connectivity index (χ2n) is 9.20. The molecule has 0 fully saturated rings. The summed E-state index contributed by atoms with van der Waals surface area (Å²) in [6, 6.07) is 20.2. The molecule has 202 valence electrons. The van der Waals surface area contributed by atoms with Gasteiger partial charge in [0.25, 0.3) is 0 Å². The number of carbonyl (C=O) groups is 2. The van der Waals surface area contributed by atoms with Crippen molar-refractivity contribution in [3.8, 4) is 0 Å². The Morgan fingerprint density at radius 2 is 1.55 bits per heavy atom. The van der Waals surface area contributed by atoms with Gasteiger partial charge in [0, 0.05) is 24.0 Å². The van der Waals surface area contributed by atoms with Crippen molar-refractivity contribution in [2.45, 2.75) is 38.9 Å². The molecule has 0 aliphatic heterocycles. The first-order valence-electron chi connectivity index (χ1n) is 12.1. The van der Waals surface area contributed by atoms with Crippen LogP contribution in [0.5, 0.6) is 0 Å². The SMILES string of the molecule is CC(C)NC(=O)[C@H](Cc1ccccc1)N(Cc1ccccc1Cl)C(=O)CN(c1ccccc1F)S(C)(=O)=O. The van der Waals surface area contributed by atoms with Crippen LogP contribution < -0.4 is 9.62 Å². The molecule has 3 aromatic rings. The molecule has 0 spiro atoms. The van der Waals surface area contributed by atoms with Gasteiger partial charge in [0.1, 0.15) is 18.4 Å². The predicted octanol–water partition coefficient (Wildman–Crippen LogP) is 4.41. The molecule has 1 N–H and O–H groups in total. The molecular weight excluding hydrogens is 529 g/mol. The number of benzene rings is 3. The van der Waals surface area contributed by atoms with Crippen LogP contribution in [0.3, 0.4) is 0 Å². The predicted molar refractivity (Wildman–Crippen MR) is 148 cm³/mol. The molecule has 0 saturated heterocycles. The Balaban J connectivity index is 2.08. The Labute approximate surface area is 228 Å². The number of carbonyl (C=O) groups excluding carboxylic acids is 2. The Hall–Kier alpha value is -3.43. The van der Waals surface area contributed by atoms with Gasteiger partial charge in [0.05, 0.1) is 11.9 Å². The number of nitrogens with one attached hydrogen (secondary N) is 1. The minimum Gasteiger partial charge on any atom is -0.352 e. The maximum atomic E-state index is 14.6. The summed E-state index contributed by atoms with van der Waals surface area (Å²) in [5.41, 5.74) is 1.13. The zero-order valence-electron chi connectivity index (χ0n) is 21.5. The molecule has 0 radical (unpaired) electrons. The van der Waals surface area contributed by atoms with E-state index in [-0.39, 0.29) is 24.7 Å². The fraction of sp³-hybridized carbons (Fsp3) is 0.286. The molecule has 7 nitrogen and oxygen atoms in total. The molecule has 1 atom stereocenters. The van der Waals surface area contributed by atoms with Gasteiger partial charge >= 0.3 is 0 Å². The fourth-order valence-corrected chi connectivity index (χ4v) is 5.04. The molecule has 0 aromatic heterocycles. The number of anilines is 1. The van der Waals surface area contributed by atoms with Crippen molar-refractivity contribution < 1.29 is 22.4 Å². The highest BCUT2D eigenvalue weighted by molar-refractivity contribution is 7.92. The highest BCUT2D eigenvalue weighted by atomic mass is 35.5. The van der Waals surface area contributed by atoms with E-state index in [1.807, 2.05) is 30.3 Å². The zero-order valence-corrected chi connectivity index (χ0v) is 23.0. The van der Waals surface area contributed by atoms with E-state index in [1.165, 1.54) is 23.1 Å². The second-order valence-corrected chi connectivity index (χ2v) is 11.5. The van der Waals surface area contributed by atoms with Crippen molar-refractivity contribution in [3.63, 3.8) is 0 Å². The van der Waals surface area contributed by atoms with Gasteiger partial charge in [-0.25, -0.2) is 12.8 Å². The summed E-state index contributed by atoms with van der Waals surface area (Å²) in [4.78, 5) is 28.7. The Kier molecular flexibility index (Phi) is 9.88. The summed E-state index contributed by atoms with van der Waals surface area (Å²) in [6.07, 6.45) is 1.08. The van der Waals surface area contributed by atoms with Crippen LogP contribution in [0.1, 0.15) is 25.0 Å². The first-order chi connectivity index (χ1) is 18.0. The van der Waals surface area contributed by atoms with E-state index in [1.54, 1.807) is 38.1 Å². The number of nitrogens with zero attached hydrogens (tertiary/aromatic N) is 2.